The van der Waals surface area contributed by atoms with E-state index in [9.17, 15) is 4.79 Å². The van der Waals surface area contributed by atoms with Gasteiger partial charge in [-0.05, 0) is 30.3 Å². The molecular formula is C11H22O2S. The van der Waals surface area contributed by atoms with Crippen molar-refractivity contribution < 1.29 is 9.90 Å². The van der Waals surface area contributed by atoms with Crippen LogP contribution in [0.4, 0.5) is 0 Å². The monoisotopic (exact) mass is 218 g/mol. The Balaban J connectivity index is 3.02. The summed E-state index contributed by atoms with van der Waals surface area (Å²) in [5.74, 6) is 2.58. The molecular weight excluding hydrogens is 196 g/mol. The van der Waals surface area contributed by atoms with Crippen LogP contribution in [0.3, 0.4) is 0 Å². The van der Waals surface area contributed by atoms with Crippen LogP contribution >= 0.6 is 11.8 Å². The lowest BCUT2D eigenvalue weighted by atomic mass is 10.2. The maximum atomic E-state index is 10.2. The SMILES string of the molecule is CCC(C)CSCCCCCC(=O)O. The zero-order valence-electron chi connectivity index (χ0n) is 9.29. The Kier molecular flexibility index (Phi) is 9.26. The molecule has 0 saturated heterocycles. The average Bonchev–Trinajstić information content (AvgIpc) is 2.15. The van der Waals surface area contributed by atoms with Gasteiger partial charge in [0.2, 0.25) is 0 Å². The molecule has 0 rings (SSSR count). The van der Waals surface area contributed by atoms with Crippen molar-refractivity contribution in [3.05, 3.63) is 0 Å². The predicted molar refractivity (Wildman–Crippen MR) is 62.9 cm³/mol. The quantitative estimate of drug-likeness (QED) is 0.603. The Morgan fingerprint density at radius 3 is 2.64 bits per heavy atom. The van der Waals surface area contributed by atoms with E-state index in [4.69, 9.17) is 5.11 Å². The number of carboxylic acids is 1. The smallest absolute Gasteiger partial charge is 0.303 e. The lowest BCUT2D eigenvalue weighted by Crippen LogP contribution is -1.97. The summed E-state index contributed by atoms with van der Waals surface area (Å²) in [6.45, 7) is 4.50. The van der Waals surface area contributed by atoms with Crippen molar-refractivity contribution in [2.24, 2.45) is 5.92 Å². The minimum Gasteiger partial charge on any atom is -0.481 e. The van der Waals surface area contributed by atoms with Gasteiger partial charge in [0.1, 0.15) is 0 Å². The van der Waals surface area contributed by atoms with Crippen LogP contribution in [0.2, 0.25) is 0 Å². The maximum Gasteiger partial charge on any atom is 0.303 e. The van der Waals surface area contributed by atoms with Crippen molar-refractivity contribution in [2.75, 3.05) is 11.5 Å². The third-order valence-electron chi connectivity index (χ3n) is 2.28. The minimum absolute atomic E-state index is 0.329. The second-order valence-electron chi connectivity index (χ2n) is 3.79. The molecule has 0 saturated carbocycles. The number of hydrogen-bond donors (Lipinski definition) is 1. The summed E-state index contributed by atoms with van der Waals surface area (Å²) in [6, 6.07) is 0. The van der Waals surface area contributed by atoms with Gasteiger partial charge < -0.3 is 5.11 Å². The molecule has 0 aromatic carbocycles. The maximum absolute atomic E-state index is 10.2. The van der Waals surface area contributed by atoms with Gasteiger partial charge in [0.15, 0.2) is 0 Å². The van der Waals surface area contributed by atoms with Gasteiger partial charge in [-0.15, -0.1) is 0 Å². The Labute approximate surface area is 91.5 Å². The van der Waals surface area contributed by atoms with Crippen LogP contribution in [0.15, 0.2) is 0 Å². The van der Waals surface area contributed by atoms with E-state index in [1.165, 1.54) is 17.9 Å². The lowest BCUT2D eigenvalue weighted by Gasteiger charge is -2.06. The van der Waals surface area contributed by atoms with E-state index < -0.39 is 5.97 Å². The lowest BCUT2D eigenvalue weighted by molar-refractivity contribution is -0.137. The second kappa shape index (κ2) is 9.38. The zero-order chi connectivity index (χ0) is 10.8. The predicted octanol–water partition coefficient (Wildman–Crippen LogP) is 3.41. The van der Waals surface area contributed by atoms with Crippen LogP contribution in [0.5, 0.6) is 0 Å². The van der Waals surface area contributed by atoms with E-state index in [1.807, 2.05) is 11.8 Å². The van der Waals surface area contributed by atoms with Gasteiger partial charge in [0, 0.05) is 6.42 Å². The van der Waals surface area contributed by atoms with Gasteiger partial charge >= 0.3 is 5.97 Å². The number of carboxylic acid groups (broad SMARTS) is 1. The molecule has 0 fully saturated rings. The van der Waals surface area contributed by atoms with Crippen LogP contribution in [0, 0.1) is 5.92 Å². The van der Waals surface area contributed by atoms with Crippen molar-refractivity contribution in [1.82, 2.24) is 0 Å². The van der Waals surface area contributed by atoms with Crippen molar-refractivity contribution in [3.8, 4) is 0 Å². The van der Waals surface area contributed by atoms with Crippen LogP contribution in [0.1, 0.15) is 46.0 Å². The highest BCUT2D eigenvalue weighted by atomic mass is 32.2. The first-order chi connectivity index (χ1) is 6.66. The highest BCUT2D eigenvalue weighted by molar-refractivity contribution is 7.99. The summed E-state index contributed by atoms with van der Waals surface area (Å²) < 4.78 is 0. The van der Waals surface area contributed by atoms with E-state index in [2.05, 4.69) is 13.8 Å². The third-order valence-corrected chi connectivity index (χ3v) is 3.66. The first-order valence-electron chi connectivity index (χ1n) is 5.46. The highest BCUT2D eigenvalue weighted by Crippen LogP contribution is 2.13. The first kappa shape index (κ1) is 13.8. The van der Waals surface area contributed by atoms with Gasteiger partial charge in [0.25, 0.3) is 0 Å². The van der Waals surface area contributed by atoms with E-state index >= 15 is 0 Å². The van der Waals surface area contributed by atoms with Crippen molar-refractivity contribution >= 4 is 17.7 Å². The first-order valence-corrected chi connectivity index (χ1v) is 6.61. The van der Waals surface area contributed by atoms with E-state index in [0.717, 1.165) is 25.2 Å². The minimum atomic E-state index is -0.669. The number of carbonyl (C=O) groups is 1. The fourth-order valence-corrected chi connectivity index (χ4v) is 2.27. The normalized spacial score (nSPS) is 12.7. The zero-order valence-corrected chi connectivity index (χ0v) is 10.1. The second-order valence-corrected chi connectivity index (χ2v) is 4.94. The van der Waals surface area contributed by atoms with E-state index in [-0.39, 0.29) is 0 Å². The van der Waals surface area contributed by atoms with Gasteiger partial charge in [-0.2, -0.15) is 11.8 Å². The summed E-state index contributed by atoms with van der Waals surface area (Å²) >= 11 is 2.00. The third kappa shape index (κ3) is 9.90. The summed E-state index contributed by atoms with van der Waals surface area (Å²) in [7, 11) is 0. The van der Waals surface area contributed by atoms with Crippen LogP contribution in [-0.2, 0) is 4.79 Å². The molecule has 0 aliphatic rings. The van der Waals surface area contributed by atoms with Gasteiger partial charge in [0.05, 0.1) is 0 Å². The average molecular weight is 218 g/mol. The van der Waals surface area contributed by atoms with Crippen molar-refractivity contribution in [3.63, 3.8) is 0 Å². The van der Waals surface area contributed by atoms with Crippen LogP contribution in [0.25, 0.3) is 0 Å². The Morgan fingerprint density at radius 1 is 1.36 bits per heavy atom. The summed E-state index contributed by atoms with van der Waals surface area (Å²) in [4.78, 5) is 10.2. The van der Waals surface area contributed by atoms with Gasteiger partial charge in [-0.3, -0.25) is 4.79 Å². The molecule has 1 N–H and O–H groups in total. The molecule has 0 heterocycles. The number of hydrogen-bond acceptors (Lipinski definition) is 2. The molecule has 0 aromatic rings. The molecule has 0 aliphatic heterocycles. The fraction of sp³-hybridized carbons (Fsp3) is 0.909. The summed E-state index contributed by atoms with van der Waals surface area (Å²) in [5.41, 5.74) is 0. The molecule has 0 bridgehead atoms. The highest BCUT2D eigenvalue weighted by Gasteiger charge is 1.99. The summed E-state index contributed by atoms with van der Waals surface area (Å²) in [6.07, 6.45) is 4.63. The van der Waals surface area contributed by atoms with E-state index in [1.54, 1.807) is 0 Å². The fourth-order valence-electron chi connectivity index (χ4n) is 1.06. The molecule has 0 aliphatic carbocycles. The molecule has 3 heteroatoms. The van der Waals surface area contributed by atoms with Gasteiger partial charge in [-0.1, -0.05) is 26.7 Å². The topological polar surface area (TPSA) is 37.3 Å². The molecule has 0 amide bonds. The summed E-state index contributed by atoms with van der Waals surface area (Å²) in [5, 5.41) is 8.42. The number of aliphatic carboxylic acids is 1. The Bertz CT molecular complexity index is 148. The number of thioether (sulfide) groups is 1. The van der Waals surface area contributed by atoms with Crippen molar-refractivity contribution in [2.45, 2.75) is 46.0 Å². The number of unbranched alkanes of at least 4 members (excludes halogenated alkanes) is 2. The van der Waals surface area contributed by atoms with Crippen LogP contribution in [-0.4, -0.2) is 22.6 Å². The van der Waals surface area contributed by atoms with Crippen LogP contribution < -0.4 is 0 Å². The molecule has 14 heavy (non-hydrogen) atoms. The Hall–Kier alpha value is -0.180. The van der Waals surface area contributed by atoms with E-state index in [0.29, 0.717) is 6.42 Å². The standard InChI is InChI=1S/C11H22O2S/c1-3-10(2)9-14-8-6-4-5-7-11(12)13/h10H,3-9H2,1-2H3,(H,12,13). The molecule has 0 spiro atoms. The van der Waals surface area contributed by atoms with Crippen molar-refractivity contribution in [1.29, 1.82) is 0 Å². The number of rotatable bonds is 9. The molecule has 0 aromatic heterocycles. The molecule has 84 valence electrons. The molecule has 2 nitrogen and oxygen atoms in total. The molecule has 1 atom stereocenters. The Morgan fingerprint density at radius 2 is 2.07 bits per heavy atom. The van der Waals surface area contributed by atoms with Gasteiger partial charge in [-0.25, -0.2) is 0 Å². The largest absolute Gasteiger partial charge is 0.481 e. The molecule has 1 unspecified atom stereocenters. The molecule has 0 radical (unpaired) electrons.